The SMILES string of the molecule is [C-]#[N+]c1ccc(-c2ccc3c(c2)c2cc(-c4ccc([N+]#[C-])cc4[N+]#[C-])ccc2n3-c2cc(C#N)ccc2-c2cnccc2-n2c3ccc(-c4ccc(C#N)cc4C#N)cc3c3cc(-c4ccc(C#N)cc4[N+]#[C-])ccc32)c(C#N)c1. The number of rotatable bonds is 7. The summed E-state index contributed by atoms with van der Waals surface area (Å²) in [5, 5.41) is 53.8. The fraction of sp³-hybridized carbons (Fsp3) is 0. The fourth-order valence-electron chi connectivity index (χ4n) is 10.8. The van der Waals surface area contributed by atoms with Gasteiger partial charge in [0, 0.05) is 56.2 Å². The van der Waals surface area contributed by atoms with Gasteiger partial charge in [0.2, 0.25) is 0 Å². The van der Waals surface area contributed by atoms with Crippen LogP contribution in [-0.4, -0.2) is 14.1 Å². The molecule has 0 aliphatic carbocycles. The molecule has 0 spiro atoms. The highest BCUT2D eigenvalue weighted by Gasteiger charge is 2.24. The lowest BCUT2D eigenvalue weighted by Crippen LogP contribution is -2.02. The van der Waals surface area contributed by atoms with Gasteiger partial charge in [-0.05, 0) is 142 Å². The number of hydrogen-bond acceptors (Lipinski definition) is 6. The van der Waals surface area contributed by atoms with E-state index in [0.29, 0.717) is 84.1 Å². The molecule has 0 fully saturated rings. The second-order valence-corrected chi connectivity index (χ2v) is 18.7. The van der Waals surface area contributed by atoms with Gasteiger partial charge >= 0.3 is 0 Å². The Morgan fingerprint density at radius 1 is 0.338 bits per heavy atom. The monoisotopic (exact) mass is 1010 g/mol. The van der Waals surface area contributed by atoms with E-state index in [4.69, 9.17) is 31.3 Å². The highest BCUT2D eigenvalue weighted by Crippen LogP contribution is 2.46. The molecule has 0 atom stereocenters. The molecule has 0 radical (unpaired) electrons. The zero-order valence-corrected chi connectivity index (χ0v) is 41.7. The summed E-state index contributed by atoms with van der Waals surface area (Å²) in [6, 6.07) is 62.7. The minimum atomic E-state index is 0.329. The van der Waals surface area contributed by atoms with E-state index in [1.54, 1.807) is 91.3 Å². The van der Waals surface area contributed by atoms with Crippen LogP contribution in [0.5, 0.6) is 0 Å². The molecule has 9 aromatic carbocycles. The van der Waals surface area contributed by atoms with Crippen molar-refractivity contribution in [1.82, 2.24) is 14.1 Å². The predicted octanol–water partition coefficient (Wildman–Crippen LogP) is 17.2. The molecule has 0 aliphatic rings. The molecule has 0 saturated carbocycles. The lowest BCUT2D eigenvalue weighted by Gasteiger charge is -2.18. The third-order valence-electron chi connectivity index (χ3n) is 14.5. The van der Waals surface area contributed by atoms with E-state index in [1.165, 1.54) is 0 Å². The molecule has 3 aromatic heterocycles. The molecule has 0 bridgehead atoms. The van der Waals surface area contributed by atoms with Crippen LogP contribution in [0.3, 0.4) is 0 Å². The molecule has 12 aromatic rings. The van der Waals surface area contributed by atoms with Crippen molar-refractivity contribution < 1.29 is 0 Å². The van der Waals surface area contributed by atoms with E-state index >= 15 is 0 Å². The Hall–Kier alpha value is -12.9. The van der Waals surface area contributed by atoms with E-state index < -0.39 is 0 Å². The third-order valence-corrected chi connectivity index (χ3v) is 14.5. The van der Waals surface area contributed by atoms with E-state index in [0.717, 1.165) is 77.1 Å². The second kappa shape index (κ2) is 19.4. The summed E-state index contributed by atoms with van der Waals surface area (Å²) in [7, 11) is 0. The molecular weight excluding hydrogens is 985 g/mol. The summed E-state index contributed by atoms with van der Waals surface area (Å²) >= 11 is 0. The molecule has 3 heterocycles. The van der Waals surface area contributed by atoms with Crippen LogP contribution in [0, 0.1) is 82.9 Å². The van der Waals surface area contributed by atoms with Crippen LogP contribution in [0.15, 0.2) is 182 Å². The topological polar surface area (TPSA) is 159 Å². The standard InChI is InChI=1S/C68H30N12/c1-74-49-12-17-52(48(28-49)38-73)44-9-20-65-57(30-44)59-32-46(54-18-13-50(75-2)33-62(54)77-4)11-22-66(59)80(65)68-27-42(36-71)7-16-55(68)60-39-78-24-23-67(60)79-63-19-8-43(51-14-5-40(34-69)25-47(51)37-72)29-56(63)58-31-45(10-21-64(58)79)53-15-6-41(35-70)26-61(53)76-3/h5-33,39H. The first-order chi connectivity index (χ1) is 39.2. The summed E-state index contributed by atoms with van der Waals surface area (Å²) < 4.78 is 4.26. The summed E-state index contributed by atoms with van der Waals surface area (Å²) in [6.45, 7) is 31.3. The fourth-order valence-corrected chi connectivity index (χ4v) is 10.8. The van der Waals surface area contributed by atoms with Crippen molar-refractivity contribution in [3.63, 3.8) is 0 Å². The zero-order valence-electron chi connectivity index (χ0n) is 41.7. The van der Waals surface area contributed by atoms with Crippen LogP contribution in [0.25, 0.3) is 130 Å². The minimum absolute atomic E-state index is 0.329. The predicted molar refractivity (Wildman–Crippen MR) is 309 cm³/mol. The van der Waals surface area contributed by atoms with Gasteiger partial charge in [0.1, 0.15) is 0 Å². The summed E-state index contributed by atoms with van der Waals surface area (Å²) in [6.07, 6.45) is 3.53. The van der Waals surface area contributed by atoms with Gasteiger partial charge in [0.05, 0.1) is 107 Å². The van der Waals surface area contributed by atoms with E-state index in [-0.39, 0.29) is 0 Å². The molecule has 0 saturated heterocycles. The Morgan fingerprint density at radius 2 is 0.750 bits per heavy atom. The van der Waals surface area contributed by atoms with Crippen molar-refractivity contribution in [1.29, 1.82) is 26.3 Å². The number of fused-ring (bicyclic) bond motifs is 6. The molecule has 80 heavy (non-hydrogen) atoms. The number of benzene rings is 9. The summed E-state index contributed by atoms with van der Waals surface area (Å²) in [4.78, 5) is 19.4. The molecule has 12 heteroatoms. The molecule has 0 amide bonds. The maximum Gasteiger partial charge on any atom is 0.196 e. The number of nitriles is 5. The van der Waals surface area contributed by atoms with Crippen LogP contribution in [0.4, 0.5) is 22.7 Å². The number of pyridine rings is 1. The van der Waals surface area contributed by atoms with E-state index in [2.05, 4.69) is 58.9 Å². The van der Waals surface area contributed by atoms with Crippen molar-refractivity contribution in [3.05, 3.63) is 256 Å². The molecule has 362 valence electrons. The maximum atomic E-state index is 10.6. The summed E-state index contributed by atoms with van der Waals surface area (Å²) in [5.74, 6) is 0. The second-order valence-electron chi connectivity index (χ2n) is 18.7. The van der Waals surface area contributed by atoms with Gasteiger partial charge in [-0.1, -0.05) is 72.8 Å². The van der Waals surface area contributed by atoms with Gasteiger partial charge in [-0.3, -0.25) is 4.98 Å². The quantitative estimate of drug-likeness (QED) is 0.145. The van der Waals surface area contributed by atoms with Gasteiger partial charge in [0.15, 0.2) is 22.7 Å². The van der Waals surface area contributed by atoms with Crippen molar-refractivity contribution in [3.8, 4) is 97.4 Å². The van der Waals surface area contributed by atoms with Crippen LogP contribution < -0.4 is 0 Å². The Bertz CT molecular complexity index is 4880. The van der Waals surface area contributed by atoms with E-state index in [1.807, 2.05) is 91.0 Å². The number of aromatic nitrogens is 3. The molecule has 12 rings (SSSR count). The molecule has 0 unspecified atom stereocenters. The van der Waals surface area contributed by atoms with Gasteiger partial charge in [-0.15, -0.1) is 0 Å². The average Bonchev–Trinajstić information content (AvgIpc) is 4.25. The normalized spacial score (nSPS) is 10.6. The zero-order chi connectivity index (χ0) is 55.2. The largest absolute Gasteiger partial charge is 0.309 e. The summed E-state index contributed by atoms with van der Waals surface area (Å²) in [5.41, 5.74) is 14.8. The molecular formula is C68H30N12. The molecule has 0 N–H and O–H groups in total. The highest BCUT2D eigenvalue weighted by molar-refractivity contribution is 6.14. The number of nitrogens with zero attached hydrogens (tertiary/aromatic N) is 12. The number of hydrogen-bond donors (Lipinski definition) is 0. The maximum absolute atomic E-state index is 10.6. The molecule has 12 nitrogen and oxygen atoms in total. The Balaban J connectivity index is 1.12. The lowest BCUT2D eigenvalue weighted by atomic mass is 9.96. The van der Waals surface area contributed by atoms with Crippen molar-refractivity contribution in [2.24, 2.45) is 0 Å². The highest BCUT2D eigenvalue weighted by atomic mass is 15.0. The Morgan fingerprint density at radius 3 is 1.25 bits per heavy atom. The van der Waals surface area contributed by atoms with Gasteiger partial charge in [-0.25, -0.2) is 19.4 Å². The van der Waals surface area contributed by atoms with E-state index in [9.17, 15) is 26.3 Å². The van der Waals surface area contributed by atoms with Crippen molar-refractivity contribution in [2.75, 3.05) is 0 Å². The van der Waals surface area contributed by atoms with Crippen LogP contribution in [0.2, 0.25) is 0 Å². The Kier molecular flexibility index (Phi) is 11.7. The van der Waals surface area contributed by atoms with Gasteiger partial charge in [0.25, 0.3) is 0 Å². The van der Waals surface area contributed by atoms with Crippen LogP contribution in [0.1, 0.15) is 27.8 Å². The van der Waals surface area contributed by atoms with Crippen LogP contribution >= 0.6 is 0 Å². The van der Waals surface area contributed by atoms with Crippen molar-refractivity contribution in [2.45, 2.75) is 0 Å². The van der Waals surface area contributed by atoms with Gasteiger partial charge in [-0.2, -0.15) is 26.3 Å². The smallest absolute Gasteiger partial charge is 0.196 e. The third kappa shape index (κ3) is 7.82. The van der Waals surface area contributed by atoms with Crippen molar-refractivity contribution >= 4 is 66.4 Å². The van der Waals surface area contributed by atoms with Gasteiger partial charge < -0.3 is 9.13 Å². The Labute approximate surface area is 457 Å². The molecule has 0 aliphatic heterocycles. The lowest BCUT2D eigenvalue weighted by molar-refractivity contribution is 1.14. The average molecular weight is 1020 g/mol. The minimum Gasteiger partial charge on any atom is -0.309 e. The first-order valence-electron chi connectivity index (χ1n) is 24.6. The van der Waals surface area contributed by atoms with Crippen LogP contribution in [-0.2, 0) is 0 Å². The first kappa shape index (κ1) is 48.1. The first-order valence-corrected chi connectivity index (χ1v) is 24.6.